The molecule has 1 fully saturated rings. The van der Waals surface area contributed by atoms with Gasteiger partial charge in [-0.25, -0.2) is 9.78 Å². The van der Waals surface area contributed by atoms with Gasteiger partial charge in [0.25, 0.3) is 5.91 Å². The topological polar surface area (TPSA) is 99.6 Å². The smallest absolute Gasteiger partial charge is 0.337 e. The van der Waals surface area contributed by atoms with Crippen LogP contribution in [0.5, 0.6) is 0 Å². The van der Waals surface area contributed by atoms with Crippen molar-refractivity contribution in [1.29, 1.82) is 0 Å². The highest BCUT2D eigenvalue weighted by Crippen LogP contribution is 2.23. The van der Waals surface area contributed by atoms with Gasteiger partial charge in [-0.2, -0.15) is 0 Å². The summed E-state index contributed by atoms with van der Waals surface area (Å²) in [6.45, 7) is 5.45. The van der Waals surface area contributed by atoms with Gasteiger partial charge in [0.2, 0.25) is 5.91 Å². The largest absolute Gasteiger partial charge is 0.478 e. The van der Waals surface area contributed by atoms with E-state index in [1.807, 2.05) is 13.8 Å². The predicted octanol–water partition coefficient (Wildman–Crippen LogP) is 1.52. The number of carbonyl (C=O) groups excluding carboxylic acids is 2. The van der Waals surface area contributed by atoms with E-state index in [0.717, 1.165) is 6.42 Å². The highest BCUT2D eigenvalue weighted by Gasteiger charge is 2.36. The van der Waals surface area contributed by atoms with Crippen molar-refractivity contribution in [3.05, 3.63) is 29.1 Å². The fraction of sp³-hybridized carbons (Fsp3) is 0.500. The van der Waals surface area contributed by atoms with Crippen LogP contribution in [0.25, 0.3) is 0 Å². The molecular weight excluding hydrogens is 330 g/mol. The summed E-state index contributed by atoms with van der Waals surface area (Å²) in [4.78, 5) is 41.7. The van der Waals surface area contributed by atoms with Gasteiger partial charge in [-0.05, 0) is 32.4 Å². The molecule has 0 radical (unpaired) electrons. The zero-order valence-corrected chi connectivity index (χ0v) is 14.7. The van der Waals surface area contributed by atoms with Gasteiger partial charge in [0.05, 0.1) is 17.1 Å². The Morgan fingerprint density at radius 3 is 2.75 bits per heavy atom. The number of carboxylic acids is 1. The van der Waals surface area contributed by atoms with E-state index in [-0.39, 0.29) is 34.8 Å². The number of nitrogens with zero attached hydrogens (tertiary/aromatic N) is 2. The molecule has 1 aliphatic rings. The van der Waals surface area contributed by atoms with Gasteiger partial charge in [0.15, 0.2) is 0 Å². The molecule has 7 nitrogen and oxygen atoms in total. The number of pyridine rings is 1. The zero-order valence-electron chi connectivity index (χ0n) is 13.9. The number of carbonyl (C=O) groups is 3. The van der Waals surface area contributed by atoms with E-state index in [1.165, 1.54) is 28.8 Å². The van der Waals surface area contributed by atoms with Crippen LogP contribution in [0.1, 0.15) is 46.8 Å². The number of rotatable bonds is 5. The first-order valence-electron chi connectivity index (χ1n) is 7.75. The minimum Gasteiger partial charge on any atom is -0.478 e. The summed E-state index contributed by atoms with van der Waals surface area (Å²) in [6, 6.07) is 2.29. The molecule has 0 aromatic carbocycles. The van der Waals surface area contributed by atoms with Gasteiger partial charge < -0.3 is 15.3 Å². The summed E-state index contributed by atoms with van der Waals surface area (Å²) in [5.74, 6) is -0.647. The lowest BCUT2D eigenvalue weighted by atomic mass is 10.1. The van der Waals surface area contributed by atoms with Crippen molar-refractivity contribution in [2.45, 2.75) is 39.3 Å². The second-order valence-corrected chi connectivity index (χ2v) is 6.74. The molecule has 1 saturated heterocycles. The van der Waals surface area contributed by atoms with Crippen LogP contribution in [0, 0.1) is 6.92 Å². The lowest BCUT2D eigenvalue weighted by molar-refractivity contribution is -0.125. The highest BCUT2D eigenvalue weighted by atomic mass is 32.2. The van der Waals surface area contributed by atoms with E-state index in [2.05, 4.69) is 10.3 Å². The van der Waals surface area contributed by atoms with Crippen molar-refractivity contribution in [1.82, 2.24) is 15.2 Å². The number of carboxylic acid groups (broad SMARTS) is 1. The van der Waals surface area contributed by atoms with Gasteiger partial charge in [-0.15, -0.1) is 11.8 Å². The van der Waals surface area contributed by atoms with E-state index < -0.39 is 12.0 Å². The van der Waals surface area contributed by atoms with E-state index in [0.29, 0.717) is 11.6 Å². The summed E-state index contributed by atoms with van der Waals surface area (Å²) in [6.07, 6.45) is 0.816. The van der Waals surface area contributed by atoms with Crippen LogP contribution in [0.15, 0.2) is 12.1 Å². The average molecular weight is 351 g/mol. The molecule has 2 amide bonds. The van der Waals surface area contributed by atoms with Crippen LogP contribution in [0.3, 0.4) is 0 Å². The maximum atomic E-state index is 12.7. The lowest BCUT2D eigenvalue weighted by Crippen LogP contribution is -2.49. The quantitative estimate of drug-likeness (QED) is 0.834. The van der Waals surface area contributed by atoms with Crippen LogP contribution in [-0.4, -0.2) is 56.5 Å². The Kier molecular flexibility index (Phi) is 5.82. The number of hydrogen-bond acceptors (Lipinski definition) is 5. The molecule has 8 heteroatoms. The molecule has 130 valence electrons. The summed E-state index contributed by atoms with van der Waals surface area (Å²) < 4.78 is 0. The highest BCUT2D eigenvalue weighted by molar-refractivity contribution is 7.99. The minimum atomic E-state index is -1.08. The molecule has 1 aromatic rings. The van der Waals surface area contributed by atoms with Crippen molar-refractivity contribution in [3.63, 3.8) is 0 Å². The normalized spacial score (nSPS) is 18.3. The van der Waals surface area contributed by atoms with Crippen LogP contribution < -0.4 is 5.32 Å². The predicted molar refractivity (Wildman–Crippen MR) is 91.1 cm³/mol. The van der Waals surface area contributed by atoms with Crippen molar-refractivity contribution in [3.8, 4) is 0 Å². The van der Waals surface area contributed by atoms with E-state index >= 15 is 0 Å². The Morgan fingerprint density at radius 2 is 2.17 bits per heavy atom. The number of thioether (sulfide) groups is 1. The van der Waals surface area contributed by atoms with E-state index in [1.54, 1.807) is 6.92 Å². The first-order chi connectivity index (χ1) is 11.3. The monoisotopic (exact) mass is 351 g/mol. The number of aromatic carboxylic acids is 1. The van der Waals surface area contributed by atoms with E-state index in [4.69, 9.17) is 5.11 Å². The van der Waals surface area contributed by atoms with Crippen molar-refractivity contribution in [2.75, 3.05) is 11.6 Å². The Bertz CT molecular complexity index is 665. The molecule has 0 spiro atoms. The molecule has 2 unspecified atom stereocenters. The summed E-state index contributed by atoms with van der Waals surface area (Å²) in [5, 5.41) is 11.9. The average Bonchev–Trinajstić information content (AvgIpc) is 3.03. The molecule has 0 bridgehead atoms. The molecule has 2 rings (SSSR count). The fourth-order valence-corrected chi connectivity index (χ4v) is 3.51. The molecule has 1 aromatic heterocycles. The van der Waals surface area contributed by atoms with Crippen molar-refractivity contribution < 1.29 is 19.5 Å². The maximum Gasteiger partial charge on any atom is 0.337 e. The Labute approximate surface area is 144 Å². The zero-order chi connectivity index (χ0) is 17.9. The second-order valence-electron chi connectivity index (χ2n) is 5.74. The molecule has 0 aliphatic carbocycles. The third kappa shape index (κ3) is 3.87. The summed E-state index contributed by atoms with van der Waals surface area (Å²) in [7, 11) is 0. The second kappa shape index (κ2) is 7.65. The fourth-order valence-electron chi connectivity index (χ4n) is 2.35. The van der Waals surface area contributed by atoms with Crippen LogP contribution >= 0.6 is 11.8 Å². The molecule has 2 N–H and O–H groups in total. The molecule has 0 saturated carbocycles. The summed E-state index contributed by atoms with van der Waals surface area (Å²) in [5.41, 5.74) is 0.496. The number of aryl methyl sites for hydroxylation is 1. The van der Waals surface area contributed by atoms with Crippen LogP contribution in [0.4, 0.5) is 0 Å². The molecule has 2 atom stereocenters. The van der Waals surface area contributed by atoms with Crippen molar-refractivity contribution in [2.24, 2.45) is 0 Å². The van der Waals surface area contributed by atoms with Gasteiger partial charge in [-0.3, -0.25) is 9.59 Å². The van der Waals surface area contributed by atoms with Crippen LogP contribution in [-0.2, 0) is 4.79 Å². The standard InChI is InChI=1S/C16H21N3O4S/c1-4-9(2)17-14(20)13-7-24-8-19(13)15(21)12-6-5-11(16(22)23)10(3)18-12/h5-6,9,13H,4,7-8H2,1-3H3,(H,17,20)(H,22,23). The summed E-state index contributed by atoms with van der Waals surface area (Å²) >= 11 is 1.51. The van der Waals surface area contributed by atoms with Crippen LogP contribution in [0.2, 0.25) is 0 Å². The molecule has 24 heavy (non-hydrogen) atoms. The minimum absolute atomic E-state index is 0.0512. The van der Waals surface area contributed by atoms with Gasteiger partial charge in [-0.1, -0.05) is 6.92 Å². The molecule has 1 aliphatic heterocycles. The Hall–Kier alpha value is -2.09. The third-order valence-electron chi connectivity index (χ3n) is 3.98. The maximum absolute atomic E-state index is 12.7. The van der Waals surface area contributed by atoms with E-state index in [9.17, 15) is 14.4 Å². The lowest BCUT2D eigenvalue weighted by Gasteiger charge is -2.24. The molecule has 2 heterocycles. The third-order valence-corrected chi connectivity index (χ3v) is 4.99. The molecular formula is C16H21N3O4S. The SMILES string of the molecule is CCC(C)NC(=O)C1CSCN1C(=O)c1ccc(C(=O)O)c(C)n1. The van der Waals surface area contributed by atoms with Gasteiger partial charge >= 0.3 is 5.97 Å². The number of amides is 2. The Balaban J connectivity index is 2.17. The van der Waals surface area contributed by atoms with Gasteiger partial charge in [0, 0.05) is 11.8 Å². The first-order valence-corrected chi connectivity index (χ1v) is 8.90. The number of nitrogens with one attached hydrogen (secondary N) is 1. The van der Waals surface area contributed by atoms with Crippen molar-refractivity contribution >= 4 is 29.5 Å². The first kappa shape index (κ1) is 18.3. The number of aromatic nitrogens is 1. The van der Waals surface area contributed by atoms with Gasteiger partial charge in [0.1, 0.15) is 11.7 Å². The number of hydrogen-bond donors (Lipinski definition) is 2. The Morgan fingerprint density at radius 1 is 1.46 bits per heavy atom.